The lowest BCUT2D eigenvalue weighted by molar-refractivity contribution is 0.483. The third kappa shape index (κ3) is 8.11. The quantitative estimate of drug-likeness (QED) is 0.559. The maximum atomic E-state index is 10.7. The standard InChI is InChI=1S/C10H14O3S.C8H10N2S/c1-10(2,3)8-4-6-9(7-5-8)14(11,12)13;9-8(11)10-6-7-4-2-1-3-5-7/h4-7H,1-3H3,(H,11,12,13);1-5H,6H2,(H3,9,10,11). The molecule has 0 fully saturated rings. The van der Waals surface area contributed by atoms with Crippen molar-refractivity contribution in [3.63, 3.8) is 0 Å². The molecule has 136 valence electrons. The minimum atomic E-state index is -4.07. The van der Waals surface area contributed by atoms with Gasteiger partial charge in [-0.25, -0.2) is 0 Å². The van der Waals surface area contributed by atoms with Gasteiger partial charge in [-0.1, -0.05) is 63.2 Å². The first-order chi connectivity index (χ1) is 11.5. The van der Waals surface area contributed by atoms with Crippen molar-refractivity contribution in [3.05, 3.63) is 65.7 Å². The number of benzene rings is 2. The van der Waals surface area contributed by atoms with Crippen molar-refractivity contribution in [3.8, 4) is 0 Å². The van der Waals surface area contributed by atoms with Crippen LogP contribution in [0.5, 0.6) is 0 Å². The van der Waals surface area contributed by atoms with Crippen LogP contribution in [0.1, 0.15) is 31.9 Å². The zero-order chi connectivity index (χ0) is 19.1. The smallest absolute Gasteiger partial charge is 0.294 e. The molecule has 25 heavy (non-hydrogen) atoms. The van der Waals surface area contributed by atoms with Gasteiger partial charge < -0.3 is 11.1 Å². The molecule has 4 N–H and O–H groups in total. The van der Waals surface area contributed by atoms with Gasteiger partial charge >= 0.3 is 0 Å². The third-order valence-corrected chi connectivity index (χ3v) is 4.34. The second kappa shape index (κ2) is 8.94. The summed E-state index contributed by atoms with van der Waals surface area (Å²) in [6, 6.07) is 16.2. The molecule has 0 aliphatic rings. The Morgan fingerprint density at radius 1 is 1.08 bits per heavy atom. The molecule has 0 unspecified atom stereocenters. The maximum Gasteiger partial charge on any atom is 0.294 e. The van der Waals surface area contributed by atoms with Gasteiger partial charge in [0.15, 0.2) is 5.11 Å². The molecule has 2 aromatic carbocycles. The van der Waals surface area contributed by atoms with Crippen molar-refractivity contribution in [1.29, 1.82) is 0 Å². The molecule has 0 heterocycles. The van der Waals surface area contributed by atoms with E-state index in [1.807, 2.05) is 51.1 Å². The van der Waals surface area contributed by atoms with Crippen LogP contribution in [0.25, 0.3) is 0 Å². The van der Waals surface area contributed by atoms with Crippen molar-refractivity contribution < 1.29 is 13.0 Å². The number of rotatable bonds is 3. The van der Waals surface area contributed by atoms with Crippen LogP contribution < -0.4 is 11.1 Å². The van der Waals surface area contributed by atoms with E-state index in [0.717, 1.165) is 5.56 Å². The molecule has 7 heteroatoms. The monoisotopic (exact) mass is 380 g/mol. The fraction of sp³-hybridized carbons (Fsp3) is 0.278. The Labute approximate surface area is 155 Å². The van der Waals surface area contributed by atoms with Crippen LogP contribution in [0, 0.1) is 0 Å². The largest absolute Gasteiger partial charge is 0.376 e. The summed E-state index contributed by atoms with van der Waals surface area (Å²) >= 11 is 4.66. The van der Waals surface area contributed by atoms with E-state index in [-0.39, 0.29) is 10.3 Å². The molecule has 5 nitrogen and oxygen atoms in total. The Kier molecular flexibility index (Phi) is 7.54. The molecular formula is C18H24N2O3S2. The van der Waals surface area contributed by atoms with Crippen molar-refractivity contribution in [2.75, 3.05) is 0 Å². The molecule has 0 aromatic heterocycles. The van der Waals surface area contributed by atoms with Gasteiger partial charge in [0, 0.05) is 6.54 Å². The van der Waals surface area contributed by atoms with Crippen molar-refractivity contribution >= 4 is 27.4 Å². The van der Waals surface area contributed by atoms with Gasteiger partial charge in [0.1, 0.15) is 0 Å². The molecule has 0 radical (unpaired) electrons. The van der Waals surface area contributed by atoms with Gasteiger partial charge in [0.25, 0.3) is 10.1 Å². The number of nitrogens with one attached hydrogen (secondary N) is 1. The number of nitrogens with two attached hydrogens (primary N) is 1. The second-order valence-corrected chi connectivity index (χ2v) is 8.31. The normalized spacial score (nSPS) is 11.2. The molecule has 0 amide bonds. The SMILES string of the molecule is CC(C)(C)c1ccc(S(=O)(=O)O)cc1.NC(=S)NCc1ccccc1. The van der Waals surface area contributed by atoms with Gasteiger partial charge in [-0.05, 0) is 40.9 Å². The van der Waals surface area contributed by atoms with Gasteiger partial charge in [0.2, 0.25) is 0 Å². The molecule has 2 aromatic rings. The summed E-state index contributed by atoms with van der Waals surface area (Å²) in [5.74, 6) is 0. The average molecular weight is 381 g/mol. The summed E-state index contributed by atoms with van der Waals surface area (Å²) in [6.45, 7) is 6.82. The van der Waals surface area contributed by atoms with Crippen molar-refractivity contribution in [1.82, 2.24) is 5.32 Å². The Balaban J connectivity index is 0.000000257. The lowest BCUT2D eigenvalue weighted by atomic mass is 9.87. The average Bonchev–Trinajstić information content (AvgIpc) is 2.53. The van der Waals surface area contributed by atoms with Crippen LogP contribution in [0.3, 0.4) is 0 Å². The summed E-state index contributed by atoms with van der Waals surface area (Å²) in [5, 5.41) is 3.21. The maximum absolute atomic E-state index is 10.7. The van der Waals surface area contributed by atoms with E-state index in [1.165, 1.54) is 17.7 Å². The number of hydrogen-bond acceptors (Lipinski definition) is 3. The van der Waals surface area contributed by atoms with Crippen LogP contribution in [-0.2, 0) is 22.1 Å². The van der Waals surface area contributed by atoms with Crippen LogP contribution in [0.15, 0.2) is 59.5 Å². The third-order valence-electron chi connectivity index (χ3n) is 3.33. The van der Waals surface area contributed by atoms with Crippen molar-refractivity contribution in [2.24, 2.45) is 5.73 Å². The number of thiocarbonyl (C=S) groups is 1. The molecule has 0 spiro atoms. The first-order valence-electron chi connectivity index (χ1n) is 7.65. The predicted octanol–water partition coefficient (Wildman–Crippen LogP) is 3.25. The van der Waals surface area contributed by atoms with Crippen LogP contribution >= 0.6 is 12.2 Å². The Bertz CT molecular complexity index is 781. The van der Waals surface area contributed by atoms with Crippen LogP contribution in [0.4, 0.5) is 0 Å². The van der Waals surface area contributed by atoms with Gasteiger partial charge in [-0.2, -0.15) is 8.42 Å². The summed E-state index contributed by atoms with van der Waals surface area (Å²) < 4.78 is 30.3. The minimum absolute atomic E-state index is 0.0161. The predicted molar refractivity (Wildman–Crippen MR) is 105 cm³/mol. The Hall–Kier alpha value is -1.96. The van der Waals surface area contributed by atoms with E-state index >= 15 is 0 Å². The first-order valence-corrected chi connectivity index (χ1v) is 9.50. The highest BCUT2D eigenvalue weighted by Gasteiger charge is 2.15. The molecular weight excluding hydrogens is 356 g/mol. The second-order valence-electron chi connectivity index (χ2n) is 6.45. The topological polar surface area (TPSA) is 92.4 Å². The highest BCUT2D eigenvalue weighted by atomic mass is 32.2. The zero-order valence-corrected chi connectivity index (χ0v) is 16.2. The number of hydrogen-bond donors (Lipinski definition) is 3. The highest BCUT2D eigenvalue weighted by Crippen LogP contribution is 2.23. The molecule has 2 rings (SSSR count). The summed E-state index contributed by atoms with van der Waals surface area (Å²) in [4.78, 5) is -0.0644. The molecule has 0 saturated heterocycles. The first kappa shape index (κ1) is 21.1. The lowest BCUT2D eigenvalue weighted by Gasteiger charge is -2.18. The van der Waals surface area contributed by atoms with Crippen molar-refractivity contribution in [2.45, 2.75) is 37.6 Å². The minimum Gasteiger partial charge on any atom is -0.376 e. The molecule has 0 saturated carbocycles. The Morgan fingerprint density at radius 2 is 1.60 bits per heavy atom. The Morgan fingerprint density at radius 3 is 2.00 bits per heavy atom. The molecule has 0 bridgehead atoms. The van der Waals surface area contributed by atoms with Gasteiger partial charge in [-0.15, -0.1) is 0 Å². The fourth-order valence-corrected chi connectivity index (χ4v) is 2.46. The van der Waals surface area contributed by atoms with Crippen LogP contribution in [0.2, 0.25) is 0 Å². The van der Waals surface area contributed by atoms with E-state index in [4.69, 9.17) is 10.3 Å². The molecule has 0 aliphatic carbocycles. The van der Waals surface area contributed by atoms with E-state index in [2.05, 4.69) is 17.5 Å². The zero-order valence-electron chi connectivity index (χ0n) is 14.6. The van der Waals surface area contributed by atoms with Gasteiger partial charge in [-0.3, -0.25) is 4.55 Å². The van der Waals surface area contributed by atoms with Crippen LogP contribution in [-0.4, -0.2) is 18.1 Å². The van der Waals surface area contributed by atoms with E-state index in [1.54, 1.807) is 12.1 Å². The highest BCUT2D eigenvalue weighted by molar-refractivity contribution is 7.85. The summed E-state index contributed by atoms with van der Waals surface area (Å²) in [5.41, 5.74) is 7.46. The van der Waals surface area contributed by atoms with E-state index < -0.39 is 10.1 Å². The molecule has 0 aliphatic heterocycles. The van der Waals surface area contributed by atoms with E-state index in [9.17, 15) is 8.42 Å². The summed E-state index contributed by atoms with van der Waals surface area (Å²) in [7, 11) is -4.07. The lowest BCUT2D eigenvalue weighted by Crippen LogP contribution is -2.28. The van der Waals surface area contributed by atoms with E-state index in [0.29, 0.717) is 11.7 Å². The van der Waals surface area contributed by atoms with Gasteiger partial charge in [0.05, 0.1) is 4.90 Å². The fourth-order valence-electron chi connectivity index (χ4n) is 1.91. The summed E-state index contributed by atoms with van der Waals surface area (Å²) in [6.07, 6.45) is 0. The molecule has 0 atom stereocenters.